The van der Waals surface area contributed by atoms with Crippen LogP contribution in [0.1, 0.15) is 22.3 Å². The third kappa shape index (κ3) is 2.74. The van der Waals surface area contributed by atoms with Crippen LogP contribution in [0.2, 0.25) is 0 Å². The minimum absolute atomic E-state index is 0.101. The molecule has 6 nitrogen and oxygen atoms in total. The average Bonchev–Trinajstić information content (AvgIpc) is 2.39. The fourth-order valence-electron chi connectivity index (χ4n) is 1.81. The Morgan fingerprint density at radius 1 is 1.35 bits per heavy atom. The first-order chi connectivity index (χ1) is 9.49. The number of aromatic nitrogens is 1. The number of benzene rings is 1. The number of nitrogens with one attached hydrogen (secondary N) is 1. The molecule has 1 heterocycles. The number of carbonyl (C=O) groups excluding carboxylic acids is 1. The van der Waals surface area contributed by atoms with Gasteiger partial charge in [0.2, 0.25) is 11.3 Å². The molecule has 0 saturated carbocycles. The topological polar surface area (TPSA) is 113 Å². The molecule has 0 radical (unpaired) electrons. The van der Waals surface area contributed by atoms with E-state index >= 15 is 0 Å². The number of H-pyrrole nitrogens is 1. The van der Waals surface area contributed by atoms with Crippen LogP contribution in [-0.2, 0) is 4.79 Å². The van der Waals surface area contributed by atoms with Gasteiger partial charge >= 0.3 is 5.97 Å². The van der Waals surface area contributed by atoms with Gasteiger partial charge in [0.05, 0.1) is 0 Å². The SMILES string of the molecule is NC(=O)CC=Cc1ccc2[nH]cc(C(=O)O)c(=O)c2c1. The summed E-state index contributed by atoms with van der Waals surface area (Å²) in [6.45, 7) is 0. The molecule has 2 rings (SSSR count). The number of primary amides is 1. The number of carbonyl (C=O) groups is 2. The van der Waals surface area contributed by atoms with Crippen LogP contribution in [0, 0.1) is 0 Å². The third-order valence-corrected chi connectivity index (χ3v) is 2.76. The van der Waals surface area contributed by atoms with E-state index < -0.39 is 17.3 Å². The molecule has 1 aromatic heterocycles. The van der Waals surface area contributed by atoms with Crippen LogP contribution in [0.3, 0.4) is 0 Å². The van der Waals surface area contributed by atoms with Gasteiger partial charge in [-0.1, -0.05) is 18.2 Å². The number of hydrogen-bond acceptors (Lipinski definition) is 3. The second-order valence-electron chi connectivity index (χ2n) is 4.21. The highest BCUT2D eigenvalue weighted by Crippen LogP contribution is 2.12. The van der Waals surface area contributed by atoms with Gasteiger partial charge in [-0.15, -0.1) is 0 Å². The zero-order valence-corrected chi connectivity index (χ0v) is 10.4. The smallest absolute Gasteiger partial charge is 0.341 e. The van der Waals surface area contributed by atoms with Crippen molar-refractivity contribution in [2.24, 2.45) is 5.73 Å². The van der Waals surface area contributed by atoms with E-state index in [1.165, 1.54) is 6.20 Å². The van der Waals surface area contributed by atoms with Crippen LogP contribution in [0.15, 0.2) is 35.3 Å². The maximum atomic E-state index is 12.0. The molecule has 2 aromatic rings. The van der Waals surface area contributed by atoms with E-state index in [4.69, 9.17) is 10.8 Å². The van der Waals surface area contributed by atoms with Crippen molar-refractivity contribution in [2.45, 2.75) is 6.42 Å². The van der Waals surface area contributed by atoms with Crippen molar-refractivity contribution in [1.82, 2.24) is 4.98 Å². The fourth-order valence-corrected chi connectivity index (χ4v) is 1.81. The largest absolute Gasteiger partial charge is 0.477 e. The molecule has 0 atom stereocenters. The number of carboxylic acids is 1. The molecule has 0 fully saturated rings. The zero-order chi connectivity index (χ0) is 14.7. The predicted octanol–water partition coefficient (Wildman–Crippen LogP) is 1.11. The summed E-state index contributed by atoms with van der Waals surface area (Å²) in [5.74, 6) is -1.73. The number of hydrogen-bond donors (Lipinski definition) is 3. The van der Waals surface area contributed by atoms with Gasteiger partial charge in [0.1, 0.15) is 5.56 Å². The fraction of sp³-hybridized carbons (Fsp3) is 0.0714. The minimum atomic E-state index is -1.28. The van der Waals surface area contributed by atoms with Crippen LogP contribution in [-0.4, -0.2) is 22.0 Å². The maximum Gasteiger partial charge on any atom is 0.341 e. The molecule has 0 aliphatic carbocycles. The number of amides is 1. The van der Waals surface area contributed by atoms with E-state index in [1.54, 1.807) is 30.4 Å². The lowest BCUT2D eigenvalue weighted by Crippen LogP contribution is -2.15. The molecule has 1 amide bonds. The summed E-state index contributed by atoms with van der Waals surface area (Å²) < 4.78 is 0. The second-order valence-corrected chi connectivity index (χ2v) is 4.21. The first kappa shape index (κ1) is 13.5. The molecule has 1 aromatic carbocycles. The van der Waals surface area contributed by atoms with Gasteiger partial charge in [0.25, 0.3) is 0 Å². The lowest BCUT2D eigenvalue weighted by Gasteiger charge is -2.01. The minimum Gasteiger partial charge on any atom is -0.477 e. The van der Waals surface area contributed by atoms with Crippen molar-refractivity contribution in [1.29, 1.82) is 0 Å². The highest BCUT2D eigenvalue weighted by molar-refractivity contribution is 5.92. The van der Waals surface area contributed by atoms with E-state index in [0.717, 1.165) is 0 Å². The average molecular weight is 272 g/mol. The number of rotatable bonds is 4. The Morgan fingerprint density at radius 3 is 2.75 bits per heavy atom. The van der Waals surface area contributed by atoms with Crippen molar-refractivity contribution >= 4 is 28.9 Å². The highest BCUT2D eigenvalue weighted by Gasteiger charge is 2.11. The molecule has 20 heavy (non-hydrogen) atoms. The Hall–Kier alpha value is -2.89. The van der Waals surface area contributed by atoms with Crippen LogP contribution in [0.25, 0.3) is 17.0 Å². The quantitative estimate of drug-likeness (QED) is 0.773. The second kappa shape index (κ2) is 5.40. The number of aromatic carboxylic acids is 1. The molecule has 4 N–H and O–H groups in total. The van der Waals surface area contributed by atoms with Crippen molar-refractivity contribution in [3.8, 4) is 0 Å². The molecular formula is C14H12N2O4. The summed E-state index contributed by atoms with van der Waals surface area (Å²) in [7, 11) is 0. The van der Waals surface area contributed by atoms with Crippen molar-refractivity contribution in [3.05, 3.63) is 51.8 Å². The van der Waals surface area contributed by atoms with Gasteiger partial charge in [-0.05, 0) is 17.7 Å². The van der Waals surface area contributed by atoms with Crippen molar-refractivity contribution in [3.63, 3.8) is 0 Å². The molecule has 0 bridgehead atoms. The molecule has 0 aliphatic rings. The Morgan fingerprint density at radius 2 is 2.10 bits per heavy atom. The Balaban J connectivity index is 2.49. The predicted molar refractivity (Wildman–Crippen MR) is 74.4 cm³/mol. The number of pyridine rings is 1. The Labute approximate surface area is 113 Å². The molecule has 0 aliphatic heterocycles. The summed E-state index contributed by atoms with van der Waals surface area (Å²) in [6, 6.07) is 4.99. The zero-order valence-electron chi connectivity index (χ0n) is 10.4. The molecular weight excluding hydrogens is 260 g/mol. The summed E-state index contributed by atoms with van der Waals surface area (Å²) in [6.07, 6.45) is 4.51. The van der Waals surface area contributed by atoms with Crippen LogP contribution < -0.4 is 11.2 Å². The number of nitrogens with two attached hydrogens (primary N) is 1. The third-order valence-electron chi connectivity index (χ3n) is 2.76. The molecule has 102 valence electrons. The van der Waals surface area contributed by atoms with Crippen molar-refractivity contribution < 1.29 is 14.7 Å². The summed E-state index contributed by atoms with van der Waals surface area (Å²) >= 11 is 0. The van der Waals surface area contributed by atoms with Crippen molar-refractivity contribution in [2.75, 3.05) is 0 Å². The van der Waals surface area contributed by atoms with Gasteiger partial charge in [-0.2, -0.15) is 0 Å². The van der Waals surface area contributed by atoms with Gasteiger partial charge < -0.3 is 15.8 Å². The summed E-state index contributed by atoms with van der Waals surface area (Å²) in [5, 5.41) is 9.20. The molecule has 0 unspecified atom stereocenters. The Kier molecular flexibility index (Phi) is 3.65. The monoisotopic (exact) mass is 272 g/mol. The molecule has 0 spiro atoms. The van der Waals surface area contributed by atoms with Gasteiger partial charge in [0, 0.05) is 23.5 Å². The highest BCUT2D eigenvalue weighted by atomic mass is 16.4. The van der Waals surface area contributed by atoms with E-state index in [0.29, 0.717) is 11.1 Å². The first-order valence-electron chi connectivity index (χ1n) is 5.82. The van der Waals surface area contributed by atoms with Gasteiger partial charge in [-0.25, -0.2) is 4.79 Å². The van der Waals surface area contributed by atoms with Gasteiger partial charge in [-0.3, -0.25) is 9.59 Å². The van der Waals surface area contributed by atoms with Crippen LogP contribution in [0.5, 0.6) is 0 Å². The summed E-state index contributed by atoms with van der Waals surface area (Å²) in [5.41, 5.74) is 5.39. The first-order valence-corrected chi connectivity index (χ1v) is 5.82. The molecule has 0 saturated heterocycles. The standard InChI is InChI=1S/C14H12N2O4/c15-12(17)3-1-2-8-4-5-11-9(6-8)13(18)10(7-16-11)14(19)20/h1-2,4-7H,3H2,(H2,15,17)(H,16,18)(H,19,20). The molecule has 6 heteroatoms. The van der Waals surface area contributed by atoms with E-state index in [2.05, 4.69) is 4.98 Å². The number of aromatic amines is 1. The lowest BCUT2D eigenvalue weighted by molar-refractivity contribution is -0.117. The summed E-state index contributed by atoms with van der Waals surface area (Å²) in [4.78, 5) is 36.3. The lowest BCUT2D eigenvalue weighted by atomic mass is 10.1. The van der Waals surface area contributed by atoms with Gasteiger partial charge in [0.15, 0.2) is 0 Å². The number of fused-ring (bicyclic) bond motifs is 1. The van der Waals surface area contributed by atoms with Crippen LogP contribution >= 0.6 is 0 Å². The maximum absolute atomic E-state index is 12.0. The normalized spacial score (nSPS) is 11.0. The number of carboxylic acid groups (broad SMARTS) is 1. The van der Waals surface area contributed by atoms with E-state index in [1.807, 2.05) is 0 Å². The Bertz CT molecular complexity index is 774. The van der Waals surface area contributed by atoms with E-state index in [-0.39, 0.29) is 17.4 Å². The van der Waals surface area contributed by atoms with E-state index in [9.17, 15) is 14.4 Å². The van der Waals surface area contributed by atoms with Crippen LogP contribution in [0.4, 0.5) is 0 Å².